The van der Waals surface area contributed by atoms with Crippen molar-refractivity contribution in [3.63, 3.8) is 0 Å². The molecule has 0 fully saturated rings. The quantitative estimate of drug-likeness (QED) is 0.239. The Balaban J connectivity index is 1.61. The molecule has 4 aromatic rings. The summed E-state index contributed by atoms with van der Waals surface area (Å²) in [5, 5.41) is 9.93. The first-order valence-corrected chi connectivity index (χ1v) is 14.6. The Morgan fingerprint density at radius 1 is 1.14 bits per heavy atom. The summed E-state index contributed by atoms with van der Waals surface area (Å²) in [5.74, 6) is -0.0339. The predicted molar refractivity (Wildman–Crippen MR) is 163 cm³/mol. The Kier molecular flexibility index (Phi) is 8.64. The van der Waals surface area contributed by atoms with Crippen molar-refractivity contribution in [2.24, 2.45) is 4.99 Å². The number of allylic oxidation sites excluding steroid dienone is 1. The van der Waals surface area contributed by atoms with Gasteiger partial charge in [0, 0.05) is 15.6 Å². The monoisotopic (exact) mass is 617 g/mol. The van der Waals surface area contributed by atoms with Crippen LogP contribution in [-0.2, 0) is 16.1 Å². The average Bonchev–Trinajstić information content (AvgIpc) is 3.26. The molecular formula is C32H25Cl2N3O4S. The molecule has 2 heterocycles. The molecule has 1 atom stereocenters. The first-order valence-electron chi connectivity index (χ1n) is 13.1. The van der Waals surface area contributed by atoms with E-state index in [9.17, 15) is 9.59 Å². The van der Waals surface area contributed by atoms with E-state index < -0.39 is 12.0 Å². The fourth-order valence-electron chi connectivity index (χ4n) is 4.59. The van der Waals surface area contributed by atoms with Crippen molar-refractivity contribution < 1.29 is 14.3 Å². The molecule has 212 valence electrons. The summed E-state index contributed by atoms with van der Waals surface area (Å²) in [7, 11) is 0. The van der Waals surface area contributed by atoms with Crippen LogP contribution in [0.25, 0.3) is 6.08 Å². The fraction of sp³-hybridized carbons (Fsp3) is 0.188. The third kappa shape index (κ3) is 6.04. The van der Waals surface area contributed by atoms with Gasteiger partial charge in [0.25, 0.3) is 5.56 Å². The summed E-state index contributed by atoms with van der Waals surface area (Å²) in [4.78, 5) is 32.4. The zero-order valence-corrected chi connectivity index (χ0v) is 25.3. The van der Waals surface area contributed by atoms with Gasteiger partial charge in [-0.25, -0.2) is 9.79 Å². The van der Waals surface area contributed by atoms with Crippen LogP contribution in [0.15, 0.2) is 87.8 Å². The smallest absolute Gasteiger partial charge is 0.338 e. The van der Waals surface area contributed by atoms with Crippen molar-refractivity contribution in [3.8, 4) is 11.8 Å². The second-order valence-corrected chi connectivity index (χ2v) is 11.7. The summed E-state index contributed by atoms with van der Waals surface area (Å²) in [6.07, 6.45) is 1.35. The van der Waals surface area contributed by atoms with Crippen LogP contribution in [0.1, 0.15) is 49.1 Å². The second-order valence-electron chi connectivity index (χ2n) is 9.84. The number of carbonyl (C=O) groups is 1. The molecule has 0 aliphatic carbocycles. The van der Waals surface area contributed by atoms with Crippen LogP contribution in [0, 0.1) is 11.3 Å². The third-order valence-electron chi connectivity index (χ3n) is 6.52. The summed E-state index contributed by atoms with van der Waals surface area (Å²) in [5.41, 5.74) is 3.00. The molecule has 0 radical (unpaired) electrons. The lowest BCUT2D eigenvalue weighted by atomic mass is 9.96. The van der Waals surface area contributed by atoms with E-state index in [-0.39, 0.29) is 23.8 Å². The maximum Gasteiger partial charge on any atom is 0.338 e. The number of nitriles is 1. The van der Waals surface area contributed by atoms with E-state index in [4.69, 9.17) is 37.9 Å². The van der Waals surface area contributed by atoms with Gasteiger partial charge in [-0.05, 0) is 74.4 Å². The van der Waals surface area contributed by atoms with Gasteiger partial charge in [0.2, 0.25) is 0 Å². The highest BCUT2D eigenvalue weighted by Gasteiger charge is 2.34. The molecule has 1 unspecified atom stereocenters. The molecule has 1 aromatic heterocycles. The van der Waals surface area contributed by atoms with Gasteiger partial charge < -0.3 is 9.47 Å². The van der Waals surface area contributed by atoms with Crippen molar-refractivity contribution in [2.45, 2.75) is 39.5 Å². The molecule has 3 aromatic carbocycles. The van der Waals surface area contributed by atoms with E-state index in [0.29, 0.717) is 47.5 Å². The van der Waals surface area contributed by atoms with Gasteiger partial charge in [-0.3, -0.25) is 9.36 Å². The van der Waals surface area contributed by atoms with Gasteiger partial charge in [-0.15, -0.1) is 0 Å². The number of rotatable bonds is 7. The van der Waals surface area contributed by atoms with E-state index in [1.807, 2.05) is 12.1 Å². The Bertz CT molecular complexity index is 1940. The molecule has 0 saturated heterocycles. The summed E-state index contributed by atoms with van der Waals surface area (Å²) >= 11 is 14.1. The minimum absolute atomic E-state index is 0.252. The van der Waals surface area contributed by atoms with Gasteiger partial charge in [0.1, 0.15) is 18.4 Å². The molecule has 42 heavy (non-hydrogen) atoms. The summed E-state index contributed by atoms with van der Waals surface area (Å²) in [6.45, 7) is 5.51. The molecule has 1 aliphatic heterocycles. The maximum absolute atomic E-state index is 14.0. The highest BCUT2D eigenvalue weighted by Crippen LogP contribution is 2.34. The number of hydrogen-bond donors (Lipinski definition) is 0. The van der Waals surface area contributed by atoms with Crippen LogP contribution in [0.2, 0.25) is 10.0 Å². The van der Waals surface area contributed by atoms with Gasteiger partial charge in [-0.1, -0.05) is 64.9 Å². The van der Waals surface area contributed by atoms with Crippen molar-refractivity contribution in [1.29, 1.82) is 5.26 Å². The highest BCUT2D eigenvalue weighted by atomic mass is 35.5. The number of benzene rings is 3. The van der Waals surface area contributed by atoms with Crippen LogP contribution in [0.3, 0.4) is 0 Å². The van der Waals surface area contributed by atoms with Gasteiger partial charge in [0.15, 0.2) is 4.80 Å². The number of nitrogens with zero attached hydrogens (tertiary/aromatic N) is 3. The second kappa shape index (κ2) is 12.4. The first kappa shape index (κ1) is 29.3. The van der Waals surface area contributed by atoms with Crippen LogP contribution in [0.5, 0.6) is 5.75 Å². The largest absolute Gasteiger partial charge is 0.488 e. The number of halogens is 2. The predicted octanol–water partition coefficient (Wildman–Crippen LogP) is 5.94. The third-order valence-corrected chi connectivity index (χ3v) is 8.08. The van der Waals surface area contributed by atoms with Crippen LogP contribution >= 0.6 is 34.5 Å². The minimum Gasteiger partial charge on any atom is -0.488 e. The molecule has 1 aliphatic rings. The zero-order valence-electron chi connectivity index (χ0n) is 22.9. The van der Waals surface area contributed by atoms with Gasteiger partial charge in [0.05, 0.1) is 33.5 Å². The molecule has 10 heteroatoms. The van der Waals surface area contributed by atoms with E-state index >= 15 is 0 Å². The van der Waals surface area contributed by atoms with E-state index in [0.717, 1.165) is 5.56 Å². The SMILES string of the molecule is CC1=C(C(=O)OC(C)C)C(c2ccccc2Cl)n2c(sc(=Cc3cc(Cl)ccc3OCc3ccc(C#N)cc3)c2=O)=N1. The topological polar surface area (TPSA) is 93.7 Å². The normalized spacial score (nSPS) is 14.8. The number of esters is 1. The number of thiazole rings is 1. The average molecular weight is 619 g/mol. The Labute approximate surface area is 256 Å². The molecule has 7 nitrogen and oxygen atoms in total. The molecule has 0 saturated carbocycles. The minimum atomic E-state index is -0.824. The number of carbonyl (C=O) groups excluding carboxylic acids is 1. The van der Waals surface area contributed by atoms with Gasteiger partial charge >= 0.3 is 5.97 Å². The standard InChI is InChI=1S/C32H25Cl2N3O4S/c1-18(2)41-31(39)28-19(3)36-32-37(29(28)24-6-4-5-7-25(24)34)30(38)27(42-32)15-22-14-23(33)12-13-26(22)40-17-21-10-8-20(16-35)9-11-21/h4-15,18,29H,17H2,1-3H3. The highest BCUT2D eigenvalue weighted by molar-refractivity contribution is 7.07. The number of ether oxygens (including phenoxy) is 2. The Morgan fingerprint density at radius 3 is 2.57 bits per heavy atom. The molecule has 0 amide bonds. The van der Waals surface area contributed by atoms with Crippen LogP contribution < -0.4 is 19.6 Å². The number of hydrogen-bond acceptors (Lipinski definition) is 7. The lowest BCUT2D eigenvalue weighted by Crippen LogP contribution is -2.40. The van der Waals surface area contributed by atoms with E-state index in [1.165, 1.54) is 15.9 Å². The molecular weight excluding hydrogens is 593 g/mol. The first-order chi connectivity index (χ1) is 20.2. The van der Waals surface area contributed by atoms with Crippen molar-refractivity contribution in [1.82, 2.24) is 4.57 Å². The summed E-state index contributed by atoms with van der Waals surface area (Å²) in [6, 6.07) is 20.7. The number of aromatic nitrogens is 1. The lowest BCUT2D eigenvalue weighted by Gasteiger charge is -2.26. The van der Waals surface area contributed by atoms with Crippen molar-refractivity contribution >= 4 is 46.6 Å². The molecule has 0 spiro atoms. The van der Waals surface area contributed by atoms with E-state index in [1.54, 1.807) is 81.4 Å². The van der Waals surface area contributed by atoms with Crippen LogP contribution in [-0.4, -0.2) is 16.6 Å². The van der Waals surface area contributed by atoms with Crippen molar-refractivity contribution in [3.05, 3.63) is 130 Å². The maximum atomic E-state index is 14.0. The van der Waals surface area contributed by atoms with Crippen molar-refractivity contribution in [2.75, 3.05) is 0 Å². The molecule has 0 N–H and O–H groups in total. The van der Waals surface area contributed by atoms with Crippen LogP contribution in [0.4, 0.5) is 0 Å². The summed E-state index contributed by atoms with van der Waals surface area (Å²) < 4.78 is 13.5. The molecule has 0 bridgehead atoms. The fourth-order valence-corrected chi connectivity index (χ4v) is 6.05. The Morgan fingerprint density at radius 2 is 1.88 bits per heavy atom. The zero-order chi connectivity index (χ0) is 30.0. The van der Waals surface area contributed by atoms with E-state index in [2.05, 4.69) is 11.1 Å². The lowest BCUT2D eigenvalue weighted by molar-refractivity contribution is -0.143. The number of fused-ring (bicyclic) bond motifs is 1. The molecule has 5 rings (SSSR count). The van der Waals surface area contributed by atoms with Gasteiger partial charge in [-0.2, -0.15) is 5.26 Å². The Hall–Kier alpha value is -4.16.